The van der Waals surface area contributed by atoms with Crippen molar-refractivity contribution in [2.24, 2.45) is 5.92 Å². The number of ether oxygens (including phenoxy) is 1. The van der Waals surface area contributed by atoms with E-state index in [1.807, 2.05) is 6.20 Å². The monoisotopic (exact) mass is 383 g/mol. The number of carboxylic acid groups (broad SMARTS) is 1. The van der Waals surface area contributed by atoms with Crippen LogP contribution in [0.25, 0.3) is 0 Å². The molecule has 0 spiro atoms. The number of pyridine rings is 1. The zero-order valence-electron chi connectivity index (χ0n) is 13.0. The highest BCUT2D eigenvalue weighted by molar-refractivity contribution is 9.10. The van der Waals surface area contributed by atoms with Crippen molar-refractivity contribution in [2.45, 2.75) is 31.7 Å². The third kappa shape index (κ3) is 4.14. The maximum absolute atomic E-state index is 11.0. The third-order valence-electron chi connectivity index (χ3n) is 4.58. The van der Waals surface area contributed by atoms with Crippen molar-refractivity contribution >= 4 is 33.4 Å². The molecule has 0 bridgehead atoms. The molecule has 1 aliphatic heterocycles. The lowest BCUT2D eigenvalue weighted by Gasteiger charge is -2.30. The minimum atomic E-state index is -0.664. The number of hydrogen-bond acceptors (Lipinski definition) is 5. The second-order valence-corrected chi connectivity index (χ2v) is 7.01. The molecule has 1 saturated carbocycles. The fraction of sp³-hybridized carbons (Fsp3) is 0.625. The predicted molar refractivity (Wildman–Crippen MR) is 92.0 cm³/mol. The molecule has 2 N–H and O–H groups in total. The number of aliphatic carboxylic acids is 1. The van der Waals surface area contributed by atoms with Crippen LogP contribution in [-0.4, -0.2) is 48.4 Å². The lowest BCUT2D eigenvalue weighted by molar-refractivity contribution is -0.142. The first-order chi connectivity index (χ1) is 11.1. The Morgan fingerprint density at radius 3 is 2.61 bits per heavy atom. The van der Waals surface area contributed by atoms with Gasteiger partial charge in [0.1, 0.15) is 5.82 Å². The zero-order valence-corrected chi connectivity index (χ0v) is 14.6. The number of morpholine rings is 1. The van der Waals surface area contributed by atoms with E-state index in [-0.39, 0.29) is 5.92 Å². The summed E-state index contributed by atoms with van der Waals surface area (Å²) in [6.45, 7) is 3.19. The molecule has 6 nitrogen and oxygen atoms in total. The van der Waals surface area contributed by atoms with E-state index in [0.717, 1.165) is 68.0 Å². The average molecular weight is 384 g/mol. The summed E-state index contributed by atoms with van der Waals surface area (Å²) in [6, 6.07) is 2.38. The van der Waals surface area contributed by atoms with E-state index in [2.05, 4.69) is 37.2 Å². The van der Waals surface area contributed by atoms with Crippen molar-refractivity contribution in [3.8, 4) is 0 Å². The van der Waals surface area contributed by atoms with Gasteiger partial charge in [-0.15, -0.1) is 0 Å². The molecular weight excluding hydrogens is 362 g/mol. The summed E-state index contributed by atoms with van der Waals surface area (Å²) in [5, 5.41) is 12.5. The van der Waals surface area contributed by atoms with Gasteiger partial charge in [-0.3, -0.25) is 4.79 Å². The molecule has 2 heterocycles. The first kappa shape index (κ1) is 16.5. The number of hydrogen-bond donors (Lipinski definition) is 2. The molecule has 0 unspecified atom stereocenters. The third-order valence-corrected chi connectivity index (χ3v) is 5.16. The number of nitrogens with one attached hydrogen (secondary N) is 1. The summed E-state index contributed by atoms with van der Waals surface area (Å²) in [6.07, 6.45) is 5.12. The largest absolute Gasteiger partial charge is 0.481 e. The highest BCUT2D eigenvalue weighted by atomic mass is 79.9. The van der Waals surface area contributed by atoms with Gasteiger partial charge in [-0.25, -0.2) is 4.98 Å². The highest BCUT2D eigenvalue weighted by Crippen LogP contribution is 2.30. The van der Waals surface area contributed by atoms with Crippen LogP contribution in [0.3, 0.4) is 0 Å². The van der Waals surface area contributed by atoms with E-state index in [4.69, 9.17) is 9.84 Å². The quantitative estimate of drug-likeness (QED) is 0.832. The van der Waals surface area contributed by atoms with E-state index in [0.29, 0.717) is 6.04 Å². The molecule has 1 aromatic heterocycles. The maximum Gasteiger partial charge on any atom is 0.306 e. The Balaban J connectivity index is 1.59. The lowest BCUT2D eigenvalue weighted by atomic mass is 9.86. The molecular formula is C16H22BrN3O3. The normalized spacial score (nSPS) is 25.2. The van der Waals surface area contributed by atoms with Crippen molar-refractivity contribution in [1.82, 2.24) is 4.98 Å². The topological polar surface area (TPSA) is 74.7 Å². The molecule has 7 heteroatoms. The minimum absolute atomic E-state index is 0.179. The molecule has 3 rings (SSSR count). The highest BCUT2D eigenvalue weighted by Gasteiger charge is 2.26. The Morgan fingerprint density at radius 1 is 1.30 bits per heavy atom. The van der Waals surface area contributed by atoms with Crippen LogP contribution < -0.4 is 10.2 Å². The van der Waals surface area contributed by atoms with Crippen molar-refractivity contribution in [3.05, 3.63) is 16.7 Å². The summed E-state index contributed by atoms with van der Waals surface area (Å²) >= 11 is 3.61. The molecule has 0 aromatic carbocycles. The number of rotatable bonds is 4. The van der Waals surface area contributed by atoms with Gasteiger partial charge in [-0.05, 0) is 47.7 Å². The molecule has 0 radical (unpaired) electrons. The Morgan fingerprint density at radius 2 is 2.00 bits per heavy atom. The van der Waals surface area contributed by atoms with Gasteiger partial charge in [0.05, 0.1) is 35.5 Å². The van der Waals surface area contributed by atoms with Crippen LogP contribution in [0.5, 0.6) is 0 Å². The van der Waals surface area contributed by atoms with Crippen molar-refractivity contribution in [2.75, 3.05) is 36.5 Å². The molecule has 126 valence electrons. The van der Waals surface area contributed by atoms with Gasteiger partial charge in [-0.2, -0.15) is 0 Å². The number of carbonyl (C=O) groups is 1. The first-order valence-corrected chi connectivity index (χ1v) is 8.90. The SMILES string of the molecule is O=C(O)C1CCC(Nc2cnc(N3CCOCC3)c(Br)c2)CC1. The maximum atomic E-state index is 11.0. The van der Waals surface area contributed by atoms with E-state index >= 15 is 0 Å². The standard InChI is InChI=1S/C16H22BrN3O3/c17-14-9-13(10-18-15(14)20-5-7-23-8-6-20)19-12-3-1-11(2-4-12)16(21)22/h9-12,19H,1-8H2,(H,21,22). The zero-order chi connectivity index (χ0) is 16.2. The van der Waals surface area contributed by atoms with Gasteiger partial charge in [0.25, 0.3) is 0 Å². The number of aromatic nitrogens is 1. The van der Waals surface area contributed by atoms with Gasteiger partial charge in [0.2, 0.25) is 0 Å². The number of anilines is 2. The summed E-state index contributed by atoms with van der Waals surface area (Å²) in [5.41, 5.74) is 0.979. The van der Waals surface area contributed by atoms with E-state index in [1.165, 1.54) is 0 Å². The van der Waals surface area contributed by atoms with Crippen LogP contribution in [0.2, 0.25) is 0 Å². The molecule has 23 heavy (non-hydrogen) atoms. The summed E-state index contributed by atoms with van der Waals surface area (Å²) in [4.78, 5) is 17.8. The van der Waals surface area contributed by atoms with Gasteiger partial charge >= 0.3 is 5.97 Å². The molecule has 1 saturated heterocycles. The van der Waals surface area contributed by atoms with Crippen LogP contribution in [-0.2, 0) is 9.53 Å². The molecule has 2 aliphatic rings. The Bertz CT molecular complexity index is 556. The molecule has 2 fully saturated rings. The molecule has 0 amide bonds. The van der Waals surface area contributed by atoms with E-state index < -0.39 is 5.97 Å². The fourth-order valence-corrected chi connectivity index (χ4v) is 3.84. The van der Waals surface area contributed by atoms with Crippen molar-refractivity contribution in [3.63, 3.8) is 0 Å². The molecule has 1 aromatic rings. The number of nitrogens with zero attached hydrogens (tertiary/aromatic N) is 2. The van der Waals surface area contributed by atoms with Gasteiger partial charge in [0, 0.05) is 19.1 Å². The summed E-state index contributed by atoms with van der Waals surface area (Å²) in [5.74, 6) is 0.109. The van der Waals surface area contributed by atoms with Crippen molar-refractivity contribution in [1.29, 1.82) is 0 Å². The van der Waals surface area contributed by atoms with Gasteiger partial charge in [-0.1, -0.05) is 0 Å². The smallest absolute Gasteiger partial charge is 0.306 e. The fourth-order valence-electron chi connectivity index (χ4n) is 3.24. The summed E-state index contributed by atoms with van der Waals surface area (Å²) < 4.78 is 6.35. The predicted octanol–water partition coefficient (Wildman–Crippen LogP) is 2.74. The van der Waals surface area contributed by atoms with Crippen LogP contribution >= 0.6 is 15.9 Å². The van der Waals surface area contributed by atoms with Gasteiger partial charge < -0.3 is 20.1 Å². The second kappa shape index (κ2) is 7.49. The summed E-state index contributed by atoms with van der Waals surface area (Å²) in [7, 11) is 0. The Hall–Kier alpha value is -1.34. The van der Waals surface area contributed by atoms with Gasteiger partial charge in [0.15, 0.2) is 0 Å². The minimum Gasteiger partial charge on any atom is -0.481 e. The van der Waals surface area contributed by atoms with E-state index in [1.54, 1.807) is 0 Å². The lowest BCUT2D eigenvalue weighted by Crippen LogP contribution is -2.37. The van der Waals surface area contributed by atoms with Crippen LogP contribution in [0.1, 0.15) is 25.7 Å². The Labute approximate surface area is 144 Å². The molecule has 0 atom stereocenters. The molecule has 1 aliphatic carbocycles. The van der Waals surface area contributed by atoms with Crippen LogP contribution in [0.15, 0.2) is 16.7 Å². The average Bonchev–Trinajstić information content (AvgIpc) is 2.56. The number of halogens is 1. The number of carboxylic acids is 1. The van der Waals surface area contributed by atoms with Crippen LogP contribution in [0.4, 0.5) is 11.5 Å². The second-order valence-electron chi connectivity index (χ2n) is 6.16. The van der Waals surface area contributed by atoms with Crippen LogP contribution in [0, 0.1) is 5.92 Å². The van der Waals surface area contributed by atoms with E-state index in [9.17, 15) is 4.79 Å². The Kier molecular flexibility index (Phi) is 5.38. The van der Waals surface area contributed by atoms with Crippen molar-refractivity contribution < 1.29 is 14.6 Å². The first-order valence-electron chi connectivity index (χ1n) is 8.11.